The zero-order chi connectivity index (χ0) is 22.1. The molecule has 31 heavy (non-hydrogen) atoms. The minimum Gasteiger partial charge on any atom is -0.203 e. The molecule has 0 aliphatic rings. The summed E-state index contributed by atoms with van der Waals surface area (Å²) in [6.45, 7) is 4.38. The number of aryl methyl sites for hydroxylation is 4. The maximum atomic E-state index is 14.8. The van der Waals surface area contributed by atoms with E-state index in [1.165, 1.54) is 36.8 Å². The summed E-state index contributed by atoms with van der Waals surface area (Å²) in [5.41, 5.74) is 5.24. The number of rotatable bonds is 11. The van der Waals surface area contributed by atoms with Gasteiger partial charge in [0.1, 0.15) is 0 Å². The molecule has 0 radical (unpaired) electrons. The van der Waals surface area contributed by atoms with E-state index >= 15 is 0 Å². The van der Waals surface area contributed by atoms with Crippen LogP contribution >= 0.6 is 0 Å². The van der Waals surface area contributed by atoms with Gasteiger partial charge in [-0.3, -0.25) is 0 Å². The lowest BCUT2D eigenvalue weighted by atomic mass is 9.97. The van der Waals surface area contributed by atoms with Crippen molar-refractivity contribution in [2.45, 2.75) is 71.6 Å². The molecule has 0 fully saturated rings. The smallest absolute Gasteiger partial charge is 0.166 e. The highest BCUT2D eigenvalue weighted by atomic mass is 19.2. The van der Waals surface area contributed by atoms with Crippen LogP contribution in [0.1, 0.15) is 68.2 Å². The third-order valence-electron chi connectivity index (χ3n) is 6.02. The molecule has 0 bridgehead atoms. The average molecular weight is 421 g/mol. The number of unbranched alkanes of at least 4 members (excludes halogenated alkanes) is 3. The van der Waals surface area contributed by atoms with Crippen LogP contribution in [0.5, 0.6) is 0 Å². The molecule has 0 saturated heterocycles. The fourth-order valence-corrected chi connectivity index (χ4v) is 3.97. The minimum atomic E-state index is -0.744. The topological polar surface area (TPSA) is 0 Å². The Bertz CT molecular complexity index is 940. The zero-order valence-corrected chi connectivity index (χ0v) is 18.9. The van der Waals surface area contributed by atoms with Crippen LogP contribution in [-0.4, -0.2) is 0 Å². The van der Waals surface area contributed by atoms with Gasteiger partial charge in [0.15, 0.2) is 11.6 Å². The van der Waals surface area contributed by atoms with E-state index in [0.29, 0.717) is 24.0 Å². The second-order valence-corrected chi connectivity index (χ2v) is 8.47. The van der Waals surface area contributed by atoms with Crippen LogP contribution in [0.4, 0.5) is 8.78 Å². The summed E-state index contributed by atoms with van der Waals surface area (Å²) in [6.07, 6.45) is 9.27. The summed E-state index contributed by atoms with van der Waals surface area (Å²) in [5.74, 6) is -1.46. The van der Waals surface area contributed by atoms with Gasteiger partial charge in [-0.05, 0) is 66.3 Å². The van der Waals surface area contributed by atoms with Gasteiger partial charge in [0.25, 0.3) is 0 Å². The molecule has 0 heterocycles. The highest BCUT2D eigenvalue weighted by molar-refractivity contribution is 5.65. The number of benzene rings is 3. The van der Waals surface area contributed by atoms with E-state index in [2.05, 4.69) is 38.1 Å². The molecule has 0 spiro atoms. The Morgan fingerprint density at radius 3 is 1.68 bits per heavy atom. The molecule has 2 heteroatoms. The second-order valence-electron chi connectivity index (χ2n) is 8.47. The van der Waals surface area contributed by atoms with E-state index in [1.54, 1.807) is 12.1 Å². The lowest BCUT2D eigenvalue weighted by molar-refractivity contribution is 0.501. The predicted molar refractivity (Wildman–Crippen MR) is 127 cm³/mol. The molecular formula is C29H34F2. The monoisotopic (exact) mass is 420 g/mol. The van der Waals surface area contributed by atoms with E-state index in [0.717, 1.165) is 30.4 Å². The SMILES string of the molecule is CCCCCc1ccc(-c2ccc(CCc3ccc(CCCC)cc3)c(F)c2F)cc1. The summed E-state index contributed by atoms with van der Waals surface area (Å²) in [4.78, 5) is 0. The molecule has 0 aromatic heterocycles. The molecule has 0 N–H and O–H groups in total. The Hall–Kier alpha value is -2.48. The molecule has 0 atom stereocenters. The fraction of sp³-hybridized carbons (Fsp3) is 0.379. The highest BCUT2D eigenvalue weighted by Crippen LogP contribution is 2.27. The van der Waals surface area contributed by atoms with Crippen LogP contribution in [0, 0.1) is 11.6 Å². The van der Waals surface area contributed by atoms with E-state index in [-0.39, 0.29) is 0 Å². The van der Waals surface area contributed by atoms with Gasteiger partial charge in [0.05, 0.1) is 0 Å². The standard InChI is InChI=1S/C29H34F2/c1-3-5-7-9-23-14-17-25(18-15-23)27-21-20-26(28(30)29(27)31)19-16-24-12-10-22(11-13-24)8-6-4-2/h10-15,17-18,20-21H,3-9,16,19H2,1-2H3. The van der Waals surface area contributed by atoms with Gasteiger partial charge in [0.2, 0.25) is 0 Å². The average Bonchev–Trinajstić information content (AvgIpc) is 2.80. The van der Waals surface area contributed by atoms with Crippen molar-refractivity contribution in [2.75, 3.05) is 0 Å². The summed E-state index contributed by atoms with van der Waals surface area (Å²) in [7, 11) is 0. The van der Waals surface area contributed by atoms with Gasteiger partial charge in [-0.1, -0.05) is 93.8 Å². The largest absolute Gasteiger partial charge is 0.203 e. The number of halogens is 2. The summed E-state index contributed by atoms with van der Waals surface area (Å²) in [6, 6.07) is 19.8. The van der Waals surface area contributed by atoms with E-state index in [9.17, 15) is 8.78 Å². The van der Waals surface area contributed by atoms with Crippen molar-refractivity contribution in [2.24, 2.45) is 0 Å². The third-order valence-corrected chi connectivity index (χ3v) is 6.02. The molecule has 3 aromatic carbocycles. The lowest BCUT2D eigenvalue weighted by Gasteiger charge is -2.10. The van der Waals surface area contributed by atoms with E-state index < -0.39 is 11.6 Å². The molecule has 0 aliphatic heterocycles. The zero-order valence-electron chi connectivity index (χ0n) is 18.9. The van der Waals surface area contributed by atoms with Crippen molar-refractivity contribution in [3.8, 4) is 11.1 Å². The van der Waals surface area contributed by atoms with Gasteiger partial charge >= 0.3 is 0 Å². The first kappa shape index (κ1) is 23.2. The molecule has 0 aliphatic carbocycles. The molecule has 3 rings (SSSR count). The number of hydrogen-bond donors (Lipinski definition) is 0. The number of hydrogen-bond acceptors (Lipinski definition) is 0. The molecular weight excluding hydrogens is 386 g/mol. The maximum absolute atomic E-state index is 14.8. The Kier molecular flexibility index (Phi) is 8.82. The molecule has 0 nitrogen and oxygen atoms in total. The Morgan fingerprint density at radius 1 is 0.516 bits per heavy atom. The Balaban J connectivity index is 1.65. The molecule has 0 unspecified atom stereocenters. The summed E-state index contributed by atoms with van der Waals surface area (Å²) in [5, 5.41) is 0. The normalized spacial score (nSPS) is 11.1. The fourth-order valence-electron chi connectivity index (χ4n) is 3.97. The van der Waals surface area contributed by atoms with E-state index in [4.69, 9.17) is 0 Å². The van der Waals surface area contributed by atoms with Crippen LogP contribution in [0.2, 0.25) is 0 Å². The van der Waals surface area contributed by atoms with Gasteiger partial charge < -0.3 is 0 Å². The Morgan fingerprint density at radius 2 is 1.06 bits per heavy atom. The molecule has 164 valence electrons. The predicted octanol–water partition coefficient (Wildman–Crippen LogP) is 8.49. The van der Waals surface area contributed by atoms with Crippen molar-refractivity contribution in [1.82, 2.24) is 0 Å². The highest BCUT2D eigenvalue weighted by Gasteiger charge is 2.15. The van der Waals surface area contributed by atoms with Crippen molar-refractivity contribution < 1.29 is 8.78 Å². The van der Waals surface area contributed by atoms with Crippen LogP contribution < -0.4 is 0 Å². The quantitative estimate of drug-likeness (QED) is 0.273. The molecule has 0 saturated carbocycles. The van der Waals surface area contributed by atoms with Crippen molar-refractivity contribution in [3.63, 3.8) is 0 Å². The van der Waals surface area contributed by atoms with Gasteiger partial charge in [-0.15, -0.1) is 0 Å². The van der Waals surface area contributed by atoms with Crippen LogP contribution in [-0.2, 0) is 25.7 Å². The van der Waals surface area contributed by atoms with Crippen molar-refractivity contribution in [1.29, 1.82) is 0 Å². The van der Waals surface area contributed by atoms with Crippen molar-refractivity contribution in [3.05, 3.63) is 94.6 Å². The summed E-state index contributed by atoms with van der Waals surface area (Å²) < 4.78 is 29.6. The minimum absolute atomic E-state index is 0.335. The van der Waals surface area contributed by atoms with Crippen molar-refractivity contribution >= 4 is 0 Å². The molecule has 0 amide bonds. The first-order chi connectivity index (χ1) is 15.1. The second kappa shape index (κ2) is 11.8. The lowest BCUT2D eigenvalue weighted by Crippen LogP contribution is -2.00. The van der Waals surface area contributed by atoms with Crippen LogP contribution in [0.3, 0.4) is 0 Å². The third kappa shape index (κ3) is 6.50. The first-order valence-electron chi connectivity index (χ1n) is 11.8. The van der Waals surface area contributed by atoms with Gasteiger partial charge in [-0.25, -0.2) is 8.78 Å². The maximum Gasteiger partial charge on any atom is 0.166 e. The van der Waals surface area contributed by atoms with Gasteiger partial charge in [0, 0.05) is 5.56 Å². The molecule has 3 aromatic rings. The first-order valence-corrected chi connectivity index (χ1v) is 11.8. The van der Waals surface area contributed by atoms with Crippen LogP contribution in [0.25, 0.3) is 11.1 Å². The van der Waals surface area contributed by atoms with E-state index in [1.807, 2.05) is 24.3 Å². The van der Waals surface area contributed by atoms with Gasteiger partial charge in [-0.2, -0.15) is 0 Å². The van der Waals surface area contributed by atoms with Crippen LogP contribution in [0.15, 0.2) is 60.7 Å². The summed E-state index contributed by atoms with van der Waals surface area (Å²) >= 11 is 0. The Labute approximate surface area is 186 Å².